The van der Waals surface area contributed by atoms with Gasteiger partial charge in [0.25, 0.3) is 0 Å². The Bertz CT molecular complexity index is 814. The predicted molar refractivity (Wildman–Crippen MR) is 128 cm³/mol. The molecule has 0 bridgehead atoms. The van der Waals surface area contributed by atoms with E-state index in [0.717, 1.165) is 36.8 Å². The molecule has 4 nitrogen and oxygen atoms in total. The number of halogens is 1. The Kier molecular flexibility index (Phi) is 7.31. The Morgan fingerprint density at radius 3 is 2.84 bits per heavy atom. The molecular weight excluding hydrogens is 401 g/mol. The summed E-state index contributed by atoms with van der Waals surface area (Å²) in [7, 11) is 0. The quantitative estimate of drug-likeness (QED) is 0.442. The third-order valence-electron chi connectivity index (χ3n) is 9.44. The van der Waals surface area contributed by atoms with E-state index in [9.17, 15) is 9.18 Å². The lowest BCUT2D eigenvalue weighted by Gasteiger charge is -2.54. The lowest BCUT2D eigenvalue weighted by atomic mass is 9.50. The van der Waals surface area contributed by atoms with E-state index in [1.807, 2.05) is 12.1 Å². The van der Waals surface area contributed by atoms with E-state index in [-0.39, 0.29) is 18.0 Å². The molecule has 32 heavy (non-hydrogen) atoms. The first-order chi connectivity index (χ1) is 15.5. The molecule has 1 aromatic rings. The van der Waals surface area contributed by atoms with E-state index in [4.69, 9.17) is 5.41 Å². The van der Waals surface area contributed by atoms with Crippen LogP contribution >= 0.6 is 0 Å². The Labute approximate surface area is 192 Å². The van der Waals surface area contributed by atoms with Crippen LogP contribution in [-0.4, -0.2) is 30.2 Å². The van der Waals surface area contributed by atoms with Gasteiger partial charge in [0.05, 0.1) is 18.9 Å². The van der Waals surface area contributed by atoms with Crippen LogP contribution < -0.4 is 5.32 Å². The van der Waals surface area contributed by atoms with Gasteiger partial charge >= 0.3 is 0 Å². The van der Waals surface area contributed by atoms with Gasteiger partial charge in [-0.3, -0.25) is 14.2 Å². The summed E-state index contributed by atoms with van der Waals surface area (Å²) in [6.45, 7) is 4.79. The normalized spacial score (nSPS) is 36.2. The molecule has 0 aliphatic heterocycles. The molecule has 1 heterocycles. The van der Waals surface area contributed by atoms with Crippen molar-refractivity contribution in [1.29, 1.82) is 5.41 Å². The number of nitrogens with zero attached hydrogens (tertiary/aromatic N) is 1. The van der Waals surface area contributed by atoms with Gasteiger partial charge in [0.15, 0.2) is 5.78 Å². The van der Waals surface area contributed by atoms with Gasteiger partial charge in [0, 0.05) is 18.3 Å². The molecule has 0 radical (unpaired) electrons. The van der Waals surface area contributed by atoms with Crippen molar-refractivity contribution in [2.75, 3.05) is 18.5 Å². The monoisotopic (exact) mass is 441 g/mol. The predicted octanol–water partition coefficient (Wildman–Crippen LogP) is 6.30. The number of carbonyl (C=O) groups excluding carboxylic acids is 1. The van der Waals surface area contributed by atoms with Gasteiger partial charge in [-0.15, -0.1) is 0 Å². The zero-order valence-corrected chi connectivity index (χ0v) is 19.8. The minimum absolute atomic E-state index is 0.100. The number of alkyl halides is 1. The van der Waals surface area contributed by atoms with E-state index in [1.54, 1.807) is 6.20 Å². The molecule has 3 fully saturated rings. The van der Waals surface area contributed by atoms with Gasteiger partial charge in [-0.1, -0.05) is 26.7 Å². The van der Waals surface area contributed by atoms with Gasteiger partial charge in [0.2, 0.25) is 0 Å². The second-order valence-corrected chi connectivity index (χ2v) is 10.8. The number of hydrogen-bond acceptors (Lipinski definition) is 4. The summed E-state index contributed by atoms with van der Waals surface area (Å²) in [5.74, 6) is 3.76. The number of pyridine rings is 1. The molecule has 0 amide bonds. The molecule has 176 valence electrons. The van der Waals surface area contributed by atoms with Crippen LogP contribution in [0.4, 0.5) is 10.1 Å². The largest absolute Gasteiger partial charge is 0.376 e. The molecule has 3 aliphatic rings. The molecule has 7 unspecified atom stereocenters. The molecule has 0 saturated heterocycles. The van der Waals surface area contributed by atoms with Crippen LogP contribution in [0.2, 0.25) is 0 Å². The molecular formula is C27H40FN3O. The van der Waals surface area contributed by atoms with Crippen molar-refractivity contribution in [2.45, 2.75) is 71.6 Å². The van der Waals surface area contributed by atoms with Crippen molar-refractivity contribution in [3.8, 4) is 0 Å². The number of fused-ring (bicyclic) bond motifs is 3. The smallest absolute Gasteiger partial charge is 0.155 e. The van der Waals surface area contributed by atoms with Crippen LogP contribution in [0.25, 0.3) is 0 Å². The van der Waals surface area contributed by atoms with E-state index in [2.05, 4.69) is 24.1 Å². The van der Waals surface area contributed by atoms with Crippen LogP contribution in [0.15, 0.2) is 18.3 Å². The van der Waals surface area contributed by atoms with Gasteiger partial charge in [-0.25, -0.2) is 0 Å². The minimum Gasteiger partial charge on any atom is -0.376 e. The molecule has 3 aliphatic carbocycles. The zero-order chi connectivity index (χ0) is 22.7. The first-order valence-electron chi connectivity index (χ1n) is 12.8. The highest BCUT2D eigenvalue weighted by atomic mass is 19.1. The summed E-state index contributed by atoms with van der Waals surface area (Å²) < 4.78 is 13.2. The lowest BCUT2D eigenvalue weighted by molar-refractivity contribution is -0.128. The Morgan fingerprint density at radius 2 is 2.09 bits per heavy atom. The van der Waals surface area contributed by atoms with Crippen LogP contribution in [0.3, 0.4) is 0 Å². The van der Waals surface area contributed by atoms with E-state index in [0.29, 0.717) is 35.8 Å². The van der Waals surface area contributed by atoms with Crippen LogP contribution in [-0.2, 0) is 4.79 Å². The molecule has 2 N–H and O–H groups in total. The van der Waals surface area contributed by atoms with Gasteiger partial charge < -0.3 is 10.7 Å². The fourth-order valence-electron chi connectivity index (χ4n) is 8.03. The highest BCUT2D eigenvalue weighted by Crippen LogP contribution is 2.63. The number of carbonyl (C=O) groups is 1. The maximum absolute atomic E-state index is 13.4. The molecule has 5 heteroatoms. The summed E-state index contributed by atoms with van der Waals surface area (Å²) >= 11 is 0. The zero-order valence-electron chi connectivity index (χ0n) is 19.8. The van der Waals surface area contributed by atoms with E-state index >= 15 is 0 Å². The molecule has 0 aromatic carbocycles. The minimum atomic E-state index is -0.177. The van der Waals surface area contributed by atoms with Gasteiger partial charge in [-0.05, 0) is 92.1 Å². The fraction of sp³-hybridized carbons (Fsp3) is 0.741. The topological polar surface area (TPSA) is 65.8 Å². The number of aromatic nitrogens is 1. The number of ketones is 1. The first kappa shape index (κ1) is 23.4. The van der Waals surface area contributed by atoms with Crippen LogP contribution in [0.5, 0.6) is 0 Å². The van der Waals surface area contributed by atoms with Crippen LogP contribution in [0.1, 0.15) is 77.3 Å². The van der Waals surface area contributed by atoms with Crippen LogP contribution in [0, 0.1) is 46.3 Å². The molecule has 1 aromatic heterocycles. The molecule has 0 spiro atoms. The second kappa shape index (κ2) is 10.0. The lowest BCUT2D eigenvalue weighted by Crippen LogP contribution is -2.48. The highest BCUT2D eigenvalue weighted by Gasteiger charge is 2.57. The average molecular weight is 442 g/mol. The standard InChI is InChI=1S/C27H40FN3O/c1-3-5-19-18(12-14-28)7-8-21-20(19)11-13-27(2)22(21)9-10-23(27)26(32)17-31-24-6-4-15-30-25(24)16-29/h4,6,15-16,18-23,29,31H,3,5,7-14,17H2,1-2H3. The summed E-state index contributed by atoms with van der Waals surface area (Å²) in [6, 6.07) is 3.72. The second-order valence-electron chi connectivity index (χ2n) is 10.8. The summed E-state index contributed by atoms with van der Waals surface area (Å²) in [6.07, 6.45) is 13.0. The van der Waals surface area contributed by atoms with Gasteiger partial charge in [0.1, 0.15) is 5.69 Å². The third-order valence-corrected chi connectivity index (χ3v) is 9.44. The van der Waals surface area contributed by atoms with Gasteiger partial charge in [-0.2, -0.15) is 0 Å². The molecule has 7 atom stereocenters. The SMILES string of the molecule is CCCC1C(CCF)CCC2C1CCC1(C)C(C(=O)CNc3cccnc3C=N)CCC21. The van der Waals surface area contributed by atoms with E-state index in [1.165, 1.54) is 44.7 Å². The fourth-order valence-corrected chi connectivity index (χ4v) is 8.03. The summed E-state index contributed by atoms with van der Waals surface area (Å²) in [5.41, 5.74) is 1.43. The number of rotatable bonds is 9. The van der Waals surface area contributed by atoms with Crippen molar-refractivity contribution in [2.24, 2.45) is 40.9 Å². The molecule has 4 rings (SSSR count). The Hall–Kier alpha value is -1.78. The number of nitrogens with one attached hydrogen (secondary N) is 2. The average Bonchev–Trinajstić information content (AvgIpc) is 3.16. The summed E-state index contributed by atoms with van der Waals surface area (Å²) in [4.78, 5) is 17.6. The van der Waals surface area contributed by atoms with Crippen molar-refractivity contribution in [3.05, 3.63) is 24.0 Å². The highest BCUT2D eigenvalue weighted by molar-refractivity contribution is 5.88. The summed E-state index contributed by atoms with van der Waals surface area (Å²) in [5, 5.41) is 10.8. The van der Waals surface area contributed by atoms with Crippen molar-refractivity contribution < 1.29 is 9.18 Å². The van der Waals surface area contributed by atoms with Crippen molar-refractivity contribution in [1.82, 2.24) is 4.98 Å². The number of anilines is 1. The van der Waals surface area contributed by atoms with Crippen molar-refractivity contribution >= 4 is 17.7 Å². The third kappa shape index (κ3) is 4.24. The number of hydrogen-bond donors (Lipinski definition) is 2. The first-order valence-corrected chi connectivity index (χ1v) is 12.8. The Balaban J connectivity index is 1.45. The number of Topliss-reactive ketones (excluding diaryl/α,β-unsaturated/α-hetero) is 1. The Morgan fingerprint density at radius 1 is 1.25 bits per heavy atom. The van der Waals surface area contributed by atoms with Crippen molar-refractivity contribution in [3.63, 3.8) is 0 Å². The van der Waals surface area contributed by atoms with E-state index < -0.39 is 0 Å². The maximum Gasteiger partial charge on any atom is 0.155 e. The maximum atomic E-state index is 13.4. The molecule has 3 saturated carbocycles.